The van der Waals surface area contributed by atoms with Gasteiger partial charge in [-0.05, 0) is 31.5 Å². The fourth-order valence-corrected chi connectivity index (χ4v) is 2.96. The summed E-state index contributed by atoms with van der Waals surface area (Å²) in [6.07, 6.45) is 1.72. The number of nitrogens with zero attached hydrogens (tertiary/aromatic N) is 3. The van der Waals surface area contributed by atoms with Crippen LogP contribution in [0.15, 0.2) is 48.7 Å². The fraction of sp³-hybridized carbons (Fsp3) is 0.412. The van der Waals surface area contributed by atoms with Gasteiger partial charge in [0.05, 0.1) is 11.2 Å². The van der Waals surface area contributed by atoms with Crippen LogP contribution in [0, 0.1) is 0 Å². The Bertz CT molecular complexity index is 572. The van der Waals surface area contributed by atoms with E-state index in [1.165, 1.54) is 5.56 Å². The summed E-state index contributed by atoms with van der Waals surface area (Å²) in [5.41, 5.74) is 2.35. The van der Waals surface area contributed by atoms with Gasteiger partial charge in [0, 0.05) is 31.9 Å². The van der Waals surface area contributed by atoms with Crippen LogP contribution in [0.2, 0.25) is 0 Å². The molecule has 0 bridgehead atoms. The van der Waals surface area contributed by atoms with Crippen molar-refractivity contribution in [1.82, 2.24) is 20.4 Å². The average Bonchev–Trinajstić information content (AvgIpc) is 2.53. The van der Waals surface area contributed by atoms with E-state index in [-0.39, 0.29) is 5.54 Å². The molecule has 0 aliphatic carbocycles. The summed E-state index contributed by atoms with van der Waals surface area (Å²) in [6.45, 7) is 7.32. The molecule has 0 amide bonds. The third kappa shape index (κ3) is 3.12. The molecule has 1 aliphatic rings. The molecule has 2 aromatic rings. The molecular formula is C17H22N4. The molecule has 1 saturated heterocycles. The van der Waals surface area contributed by atoms with E-state index in [2.05, 4.69) is 64.6 Å². The minimum atomic E-state index is -0.0179. The van der Waals surface area contributed by atoms with Crippen molar-refractivity contribution >= 4 is 0 Å². The lowest BCUT2D eigenvalue weighted by molar-refractivity contribution is 0.0864. The molecule has 1 fully saturated rings. The Labute approximate surface area is 126 Å². The molecule has 1 aromatic carbocycles. The van der Waals surface area contributed by atoms with Crippen LogP contribution in [0.3, 0.4) is 0 Å². The van der Waals surface area contributed by atoms with Gasteiger partial charge in [0.2, 0.25) is 0 Å². The molecule has 0 spiro atoms. The predicted octanol–water partition coefficient (Wildman–Crippen LogP) is 2.19. The van der Waals surface area contributed by atoms with Gasteiger partial charge in [0.15, 0.2) is 0 Å². The SMILES string of the molecule is CC1CNC(C)(c2ccccc2)CN1Cc1cccnn1. The Morgan fingerprint density at radius 3 is 2.76 bits per heavy atom. The Hall–Kier alpha value is -1.78. The van der Waals surface area contributed by atoms with E-state index in [1.807, 2.05) is 12.1 Å². The zero-order valence-electron chi connectivity index (χ0n) is 12.7. The first-order valence-corrected chi connectivity index (χ1v) is 7.48. The van der Waals surface area contributed by atoms with Crippen molar-refractivity contribution < 1.29 is 0 Å². The van der Waals surface area contributed by atoms with E-state index in [9.17, 15) is 0 Å². The minimum Gasteiger partial charge on any atom is -0.305 e. The van der Waals surface area contributed by atoms with Crippen molar-refractivity contribution in [1.29, 1.82) is 0 Å². The number of benzene rings is 1. The van der Waals surface area contributed by atoms with Crippen LogP contribution in [-0.2, 0) is 12.1 Å². The van der Waals surface area contributed by atoms with Crippen LogP contribution >= 0.6 is 0 Å². The number of rotatable bonds is 3. The molecule has 0 radical (unpaired) electrons. The van der Waals surface area contributed by atoms with Gasteiger partial charge in [-0.3, -0.25) is 4.90 Å². The van der Waals surface area contributed by atoms with Gasteiger partial charge in [-0.2, -0.15) is 10.2 Å². The van der Waals surface area contributed by atoms with Crippen LogP contribution in [0.1, 0.15) is 25.1 Å². The lowest BCUT2D eigenvalue weighted by atomic mass is 9.88. The molecule has 2 atom stereocenters. The number of hydrogen-bond donors (Lipinski definition) is 1. The highest BCUT2D eigenvalue weighted by atomic mass is 15.3. The van der Waals surface area contributed by atoms with Gasteiger partial charge < -0.3 is 5.32 Å². The second-order valence-electron chi connectivity index (χ2n) is 6.05. The van der Waals surface area contributed by atoms with Gasteiger partial charge in [-0.15, -0.1) is 0 Å². The lowest BCUT2D eigenvalue weighted by Gasteiger charge is -2.45. The molecule has 4 heteroatoms. The van der Waals surface area contributed by atoms with Crippen molar-refractivity contribution in [3.8, 4) is 0 Å². The second-order valence-corrected chi connectivity index (χ2v) is 6.05. The predicted molar refractivity (Wildman–Crippen MR) is 83.7 cm³/mol. The first-order chi connectivity index (χ1) is 10.2. The van der Waals surface area contributed by atoms with Gasteiger partial charge in [0.1, 0.15) is 0 Å². The summed E-state index contributed by atoms with van der Waals surface area (Å²) in [6, 6.07) is 15.2. The summed E-state index contributed by atoms with van der Waals surface area (Å²) in [7, 11) is 0. The van der Waals surface area contributed by atoms with E-state index in [4.69, 9.17) is 0 Å². The summed E-state index contributed by atoms with van der Waals surface area (Å²) in [5.74, 6) is 0. The van der Waals surface area contributed by atoms with Gasteiger partial charge >= 0.3 is 0 Å². The average molecular weight is 282 g/mol. The van der Waals surface area contributed by atoms with Crippen molar-refractivity contribution in [2.24, 2.45) is 0 Å². The lowest BCUT2D eigenvalue weighted by Crippen LogP contribution is -2.59. The van der Waals surface area contributed by atoms with Crippen molar-refractivity contribution in [3.05, 3.63) is 59.9 Å². The normalized spacial score (nSPS) is 26.7. The van der Waals surface area contributed by atoms with Crippen molar-refractivity contribution in [3.63, 3.8) is 0 Å². The number of aromatic nitrogens is 2. The molecule has 1 aliphatic heterocycles. The quantitative estimate of drug-likeness (QED) is 0.937. The maximum atomic E-state index is 4.22. The maximum absolute atomic E-state index is 4.22. The molecule has 3 rings (SSSR count). The molecule has 1 aromatic heterocycles. The standard InChI is InChI=1S/C17H22N4/c1-14-11-18-17(2,15-7-4-3-5-8-15)13-21(14)12-16-9-6-10-19-20-16/h3-10,14,18H,11-13H2,1-2H3. The number of nitrogens with one attached hydrogen (secondary N) is 1. The van der Waals surface area contributed by atoms with Crippen LogP contribution in [0.5, 0.6) is 0 Å². The second kappa shape index (κ2) is 5.92. The van der Waals surface area contributed by atoms with Crippen LogP contribution in [0.25, 0.3) is 0 Å². The van der Waals surface area contributed by atoms with Crippen LogP contribution in [-0.4, -0.2) is 34.2 Å². The van der Waals surface area contributed by atoms with Crippen molar-refractivity contribution in [2.45, 2.75) is 32.0 Å². The van der Waals surface area contributed by atoms with Gasteiger partial charge in [-0.25, -0.2) is 0 Å². The minimum absolute atomic E-state index is 0.0179. The number of piperazine rings is 1. The Balaban J connectivity index is 1.78. The van der Waals surface area contributed by atoms with Gasteiger partial charge in [-0.1, -0.05) is 30.3 Å². The third-order valence-corrected chi connectivity index (χ3v) is 4.33. The molecule has 1 N–H and O–H groups in total. The smallest absolute Gasteiger partial charge is 0.0771 e. The molecule has 2 unspecified atom stereocenters. The highest BCUT2D eigenvalue weighted by molar-refractivity contribution is 5.25. The molecule has 0 saturated carbocycles. The highest BCUT2D eigenvalue weighted by Gasteiger charge is 2.35. The zero-order chi connectivity index (χ0) is 14.7. The van der Waals surface area contributed by atoms with E-state index in [1.54, 1.807) is 6.20 Å². The first kappa shape index (κ1) is 14.2. The molecule has 21 heavy (non-hydrogen) atoms. The third-order valence-electron chi connectivity index (χ3n) is 4.33. The van der Waals surface area contributed by atoms with Gasteiger partial charge in [0.25, 0.3) is 0 Å². The zero-order valence-corrected chi connectivity index (χ0v) is 12.7. The van der Waals surface area contributed by atoms with Crippen molar-refractivity contribution in [2.75, 3.05) is 13.1 Å². The monoisotopic (exact) mass is 282 g/mol. The Morgan fingerprint density at radius 2 is 2.05 bits per heavy atom. The summed E-state index contributed by atoms with van der Waals surface area (Å²) in [5, 5.41) is 11.9. The van der Waals surface area contributed by atoms with E-state index < -0.39 is 0 Å². The Kier molecular flexibility index (Phi) is 3.99. The molecule has 2 heterocycles. The molecule has 110 valence electrons. The first-order valence-electron chi connectivity index (χ1n) is 7.48. The topological polar surface area (TPSA) is 41.0 Å². The maximum Gasteiger partial charge on any atom is 0.0771 e. The molecule has 4 nitrogen and oxygen atoms in total. The highest BCUT2D eigenvalue weighted by Crippen LogP contribution is 2.27. The summed E-state index contributed by atoms with van der Waals surface area (Å²) in [4.78, 5) is 2.48. The van der Waals surface area contributed by atoms with Crippen LogP contribution in [0.4, 0.5) is 0 Å². The van der Waals surface area contributed by atoms with Crippen LogP contribution < -0.4 is 5.32 Å². The molecular weight excluding hydrogens is 260 g/mol. The summed E-state index contributed by atoms with van der Waals surface area (Å²) >= 11 is 0. The Morgan fingerprint density at radius 1 is 1.24 bits per heavy atom. The van der Waals surface area contributed by atoms with E-state index >= 15 is 0 Å². The largest absolute Gasteiger partial charge is 0.305 e. The van der Waals surface area contributed by atoms with E-state index in [0.717, 1.165) is 25.3 Å². The van der Waals surface area contributed by atoms with E-state index in [0.29, 0.717) is 6.04 Å². The summed E-state index contributed by atoms with van der Waals surface area (Å²) < 4.78 is 0. The fourth-order valence-electron chi connectivity index (χ4n) is 2.96. The number of hydrogen-bond acceptors (Lipinski definition) is 4.